The summed E-state index contributed by atoms with van der Waals surface area (Å²) in [6, 6.07) is 0. The van der Waals surface area contributed by atoms with Gasteiger partial charge >= 0.3 is 0 Å². The van der Waals surface area contributed by atoms with E-state index in [4.69, 9.17) is 5.73 Å². The third kappa shape index (κ3) is 1.98. The van der Waals surface area contributed by atoms with Crippen LogP contribution in [0.3, 0.4) is 0 Å². The summed E-state index contributed by atoms with van der Waals surface area (Å²) in [7, 11) is 2.01. The zero-order valence-corrected chi connectivity index (χ0v) is 9.89. The Bertz CT molecular complexity index is 318. The van der Waals surface area contributed by atoms with E-state index in [1.165, 1.54) is 11.3 Å². The molecule has 0 spiro atoms. The molecule has 3 heteroatoms. The molecule has 80 valence electrons. The molecular weight excluding hydrogens is 174 g/mol. The maximum absolute atomic E-state index is 5.55. The van der Waals surface area contributed by atoms with Crippen LogP contribution in [0.2, 0.25) is 0 Å². The second-order valence-corrected chi connectivity index (χ2v) is 4.83. The maximum Gasteiger partial charge on any atom is 0.0669 e. The molecule has 1 aromatic rings. The Balaban J connectivity index is 3.18. The van der Waals surface area contributed by atoms with Crippen LogP contribution in [0, 0.1) is 6.92 Å². The summed E-state index contributed by atoms with van der Waals surface area (Å²) in [5.74, 6) is 0. The summed E-state index contributed by atoms with van der Waals surface area (Å²) >= 11 is 0. The number of nitrogens with two attached hydrogens (primary N) is 1. The van der Waals surface area contributed by atoms with Gasteiger partial charge in [-0.2, -0.15) is 5.10 Å². The second-order valence-electron chi connectivity index (χ2n) is 4.83. The lowest BCUT2D eigenvalue weighted by atomic mass is 9.88. The molecule has 14 heavy (non-hydrogen) atoms. The smallest absolute Gasteiger partial charge is 0.0669 e. The summed E-state index contributed by atoms with van der Waals surface area (Å²) in [6.45, 7) is 9.44. The minimum absolute atomic E-state index is 0.151. The summed E-state index contributed by atoms with van der Waals surface area (Å²) in [4.78, 5) is 0. The van der Waals surface area contributed by atoms with E-state index in [1.807, 2.05) is 11.7 Å². The first kappa shape index (κ1) is 11.2. The fraction of sp³-hybridized carbons (Fsp3) is 0.727. The molecule has 0 fully saturated rings. The molecule has 0 radical (unpaired) electrons. The molecule has 2 N–H and O–H groups in total. The van der Waals surface area contributed by atoms with Gasteiger partial charge in [0.1, 0.15) is 0 Å². The summed E-state index contributed by atoms with van der Waals surface area (Å²) < 4.78 is 1.99. The van der Waals surface area contributed by atoms with Crippen molar-refractivity contribution < 1.29 is 0 Å². The Labute approximate surface area is 86.3 Å². The molecule has 0 atom stereocenters. The second kappa shape index (κ2) is 3.73. The molecule has 0 amide bonds. The number of aromatic nitrogens is 2. The average Bonchev–Trinajstić information content (AvgIpc) is 2.26. The molecule has 0 aliphatic rings. The van der Waals surface area contributed by atoms with E-state index in [0.717, 1.165) is 12.1 Å². The minimum Gasteiger partial charge on any atom is -0.330 e. The summed E-state index contributed by atoms with van der Waals surface area (Å²) in [5, 5.41) is 4.50. The molecule has 3 nitrogen and oxygen atoms in total. The number of aryl methyl sites for hydroxylation is 1. The van der Waals surface area contributed by atoms with Crippen molar-refractivity contribution in [1.29, 1.82) is 0 Å². The van der Waals surface area contributed by atoms with E-state index >= 15 is 0 Å². The first-order valence-corrected chi connectivity index (χ1v) is 5.11. The van der Waals surface area contributed by atoms with Crippen LogP contribution in [-0.2, 0) is 18.9 Å². The van der Waals surface area contributed by atoms with Crippen LogP contribution >= 0.6 is 0 Å². The normalized spacial score (nSPS) is 12.1. The Kier molecular flexibility index (Phi) is 3.00. The fourth-order valence-corrected chi connectivity index (χ4v) is 2.11. The molecule has 1 rings (SSSR count). The van der Waals surface area contributed by atoms with Gasteiger partial charge in [-0.1, -0.05) is 20.8 Å². The third-order valence-electron chi connectivity index (χ3n) is 2.47. The highest BCUT2D eigenvalue weighted by Crippen LogP contribution is 2.26. The molecule has 0 saturated heterocycles. The van der Waals surface area contributed by atoms with E-state index in [1.54, 1.807) is 0 Å². The Morgan fingerprint density at radius 2 is 1.93 bits per heavy atom. The first-order valence-electron chi connectivity index (χ1n) is 5.11. The third-order valence-corrected chi connectivity index (χ3v) is 2.47. The van der Waals surface area contributed by atoms with Gasteiger partial charge in [-0.3, -0.25) is 4.68 Å². The van der Waals surface area contributed by atoms with Gasteiger partial charge < -0.3 is 5.73 Å². The van der Waals surface area contributed by atoms with Crippen LogP contribution in [0.25, 0.3) is 0 Å². The lowest BCUT2D eigenvalue weighted by molar-refractivity contribution is 0.519. The van der Waals surface area contributed by atoms with Gasteiger partial charge in [-0.05, 0) is 19.0 Å². The maximum atomic E-state index is 5.55. The highest BCUT2D eigenvalue weighted by Gasteiger charge is 2.23. The van der Waals surface area contributed by atoms with Crippen molar-refractivity contribution in [3.63, 3.8) is 0 Å². The average molecular weight is 195 g/mol. The molecule has 1 heterocycles. The van der Waals surface area contributed by atoms with Crippen molar-refractivity contribution >= 4 is 0 Å². The largest absolute Gasteiger partial charge is 0.330 e. The van der Waals surface area contributed by atoms with Gasteiger partial charge in [0, 0.05) is 24.6 Å². The highest BCUT2D eigenvalue weighted by molar-refractivity contribution is 5.30. The number of hydrogen-bond acceptors (Lipinski definition) is 2. The van der Waals surface area contributed by atoms with Crippen molar-refractivity contribution in [2.24, 2.45) is 12.8 Å². The van der Waals surface area contributed by atoms with Gasteiger partial charge in [-0.15, -0.1) is 0 Å². The highest BCUT2D eigenvalue weighted by atomic mass is 15.3. The Morgan fingerprint density at radius 3 is 2.29 bits per heavy atom. The van der Waals surface area contributed by atoms with Gasteiger partial charge in [0.25, 0.3) is 0 Å². The topological polar surface area (TPSA) is 43.8 Å². The lowest BCUT2D eigenvalue weighted by Crippen LogP contribution is -2.17. The van der Waals surface area contributed by atoms with Gasteiger partial charge in [-0.25, -0.2) is 0 Å². The molecule has 0 aliphatic heterocycles. The lowest BCUT2D eigenvalue weighted by Gasteiger charge is -2.20. The van der Waals surface area contributed by atoms with E-state index in [2.05, 4.69) is 32.8 Å². The monoisotopic (exact) mass is 195 g/mol. The van der Waals surface area contributed by atoms with E-state index in [9.17, 15) is 0 Å². The minimum atomic E-state index is 0.151. The SMILES string of the molecule is Cc1c(CCN)nn(C)c1C(C)(C)C. The van der Waals surface area contributed by atoms with Gasteiger partial charge in [0.2, 0.25) is 0 Å². The molecule has 0 unspecified atom stereocenters. The predicted octanol–water partition coefficient (Wildman–Crippen LogP) is 1.53. The van der Waals surface area contributed by atoms with Crippen LogP contribution in [0.4, 0.5) is 0 Å². The van der Waals surface area contributed by atoms with Crippen molar-refractivity contribution in [2.75, 3.05) is 6.54 Å². The first-order chi connectivity index (χ1) is 6.38. The fourth-order valence-electron chi connectivity index (χ4n) is 2.11. The van der Waals surface area contributed by atoms with E-state index < -0.39 is 0 Å². The summed E-state index contributed by atoms with van der Waals surface area (Å²) in [5.41, 5.74) is 9.44. The molecule has 1 aromatic heterocycles. The number of hydrogen-bond donors (Lipinski definition) is 1. The summed E-state index contributed by atoms with van der Waals surface area (Å²) in [6.07, 6.45) is 0.871. The van der Waals surface area contributed by atoms with Crippen molar-refractivity contribution in [2.45, 2.75) is 39.5 Å². The molecular formula is C11H21N3. The van der Waals surface area contributed by atoms with Crippen molar-refractivity contribution in [3.05, 3.63) is 17.0 Å². The van der Waals surface area contributed by atoms with Gasteiger partial charge in [0.15, 0.2) is 0 Å². The van der Waals surface area contributed by atoms with Crippen molar-refractivity contribution in [3.8, 4) is 0 Å². The van der Waals surface area contributed by atoms with Crippen LogP contribution in [-0.4, -0.2) is 16.3 Å². The quantitative estimate of drug-likeness (QED) is 0.777. The Hall–Kier alpha value is -0.830. The Morgan fingerprint density at radius 1 is 1.36 bits per heavy atom. The van der Waals surface area contributed by atoms with Crippen molar-refractivity contribution in [1.82, 2.24) is 9.78 Å². The van der Waals surface area contributed by atoms with Crippen LogP contribution < -0.4 is 5.73 Å². The zero-order valence-electron chi connectivity index (χ0n) is 9.89. The molecule has 0 bridgehead atoms. The van der Waals surface area contributed by atoms with Crippen LogP contribution in [0.1, 0.15) is 37.7 Å². The predicted molar refractivity (Wildman–Crippen MR) is 59.4 cm³/mol. The molecule has 0 aliphatic carbocycles. The number of rotatable bonds is 2. The number of nitrogens with zero attached hydrogens (tertiary/aromatic N) is 2. The molecule has 0 saturated carbocycles. The standard InChI is InChI=1S/C11H21N3/c1-8-9(6-7-12)13-14(5)10(8)11(2,3)4/h6-7,12H2,1-5H3. The van der Waals surface area contributed by atoms with Gasteiger partial charge in [0.05, 0.1) is 5.69 Å². The zero-order chi connectivity index (χ0) is 10.9. The van der Waals surface area contributed by atoms with E-state index in [0.29, 0.717) is 6.54 Å². The van der Waals surface area contributed by atoms with Crippen LogP contribution in [0.15, 0.2) is 0 Å². The molecule has 0 aromatic carbocycles. The van der Waals surface area contributed by atoms with Crippen LogP contribution in [0.5, 0.6) is 0 Å². The van der Waals surface area contributed by atoms with E-state index in [-0.39, 0.29) is 5.41 Å².